The molecule has 0 saturated carbocycles. The van der Waals surface area contributed by atoms with Crippen molar-refractivity contribution in [2.24, 2.45) is 0 Å². The Balaban J connectivity index is 2.45. The molecule has 2 aromatic rings. The van der Waals surface area contributed by atoms with Crippen LogP contribution in [0.1, 0.15) is 12.5 Å². The normalized spacial score (nSPS) is 11.9. The van der Waals surface area contributed by atoms with Crippen molar-refractivity contribution in [1.29, 1.82) is 0 Å². The maximum absolute atomic E-state index is 11.3. The van der Waals surface area contributed by atoms with Crippen LogP contribution in [0.15, 0.2) is 35.8 Å². The molecule has 0 unspecified atom stereocenters. The number of carbonyl (C=O) groups excluding carboxylic acids is 1. The summed E-state index contributed by atoms with van der Waals surface area (Å²) in [4.78, 5) is 11.3. The van der Waals surface area contributed by atoms with Crippen LogP contribution >= 0.6 is 11.5 Å². The van der Waals surface area contributed by atoms with Gasteiger partial charge < -0.3 is 10.1 Å². The van der Waals surface area contributed by atoms with E-state index in [0.717, 1.165) is 23.3 Å². The van der Waals surface area contributed by atoms with Gasteiger partial charge in [-0.2, -0.15) is 0 Å². The predicted molar refractivity (Wildman–Crippen MR) is 78.2 cm³/mol. The summed E-state index contributed by atoms with van der Waals surface area (Å²) in [6, 6.07) is 7.69. The monoisotopic (exact) mass is 276 g/mol. The van der Waals surface area contributed by atoms with Gasteiger partial charge in [0.05, 0.1) is 12.3 Å². The lowest BCUT2D eigenvalue weighted by molar-refractivity contribution is -0.103. The first kappa shape index (κ1) is 13.4. The van der Waals surface area contributed by atoms with Gasteiger partial charge >= 0.3 is 0 Å². The van der Waals surface area contributed by atoms with Gasteiger partial charge in [-0.1, -0.05) is 23.7 Å². The summed E-state index contributed by atoms with van der Waals surface area (Å²) in [6.45, 7) is 2.56. The lowest BCUT2D eigenvalue weighted by Gasteiger charge is -2.15. The largest absolute Gasteiger partial charge is 0.494 e. The van der Waals surface area contributed by atoms with Gasteiger partial charge in [-0.15, -0.1) is 0 Å². The molecule has 1 aromatic carbocycles. The number of carbonyl (C=O) groups is 1. The third-order valence-electron chi connectivity index (χ3n) is 2.66. The second-order valence-corrected chi connectivity index (χ2v) is 4.68. The molecule has 0 aliphatic carbocycles. The fourth-order valence-electron chi connectivity index (χ4n) is 1.81. The van der Waals surface area contributed by atoms with Crippen molar-refractivity contribution < 1.29 is 9.53 Å². The molecule has 0 spiro atoms. The molecule has 0 aliphatic heterocycles. The van der Waals surface area contributed by atoms with Crippen LogP contribution < -0.4 is 10.1 Å². The molecule has 0 bridgehead atoms. The van der Waals surface area contributed by atoms with E-state index >= 15 is 0 Å². The average molecular weight is 276 g/mol. The number of rotatable bonds is 6. The second kappa shape index (κ2) is 6.24. The zero-order valence-corrected chi connectivity index (χ0v) is 11.7. The highest BCUT2D eigenvalue weighted by Gasteiger charge is 2.11. The molecule has 100 valence electrons. The number of benzene rings is 1. The van der Waals surface area contributed by atoms with E-state index in [1.54, 1.807) is 7.05 Å². The summed E-state index contributed by atoms with van der Waals surface area (Å²) in [5.41, 5.74) is 2.31. The van der Waals surface area contributed by atoms with Gasteiger partial charge in [0.2, 0.25) is 0 Å². The van der Waals surface area contributed by atoms with Gasteiger partial charge in [0.1, 0.15) is 11.4 Å². The number of nitrogens with zero attached hydrogens (tertiary/aromatic N) is 1. The molecule has 0 saturated heterocycles. The highest BCUT2D eigenvalue weighted by atomic mass is 32.1. The summed E-state index contributed by atoms with van der Waals surface area (Å²) < 4.78 is 7.31. The van der Waals surface area contributed by atoms with Crippen LogP contribution in [0.25, 0.3) is 11.4 Å². The van der Waals surface area contributed by atoms with Crippen LogP contribution in [0, 0.1) is 0 Å². The highest BCUT2D eigenvalue weighted by molar-refractivity contribution is 7.06. The molecule has 19 heavy (non-hydrogen) atoms. The van der Waals surface area contributed by atoms with Gasteiger partial charge in [0.15, 0.2) is 6.29 Å². The first-order chi connectivity index (χ1) is 9.30. The summed E-state index contributed by atoms with van der Waals surface area (Å²) >= 11 is 1.48. The number of hydrogen-bond acceptors (Lipinski definition) is 4. The summed E-state index contributed by atoms with van der Waals surface area (Å²) in [6.07, 6.45) is 2.72. The molecule has 4 nitrogen and oxygen atoms in total. The molecular weight excluding hydrogens is 260 g/mol. The van der Waals surface area contributed by atoms with Gasteiger partial charge in [-0.3, -0.25) is 8.75 Å². The van der Waals surface area contributed by atoms with Crippen LogP contribution in [0.5, 0.6) is 5.75 Å². The number of ether oxygens (including phenoxy) is 1. The first-order valence-corrected chi connectivity index (χ1v) is 6.87. The molecule has 1 heterocycles. The minimum atomic E-state index is 0.601. The van der Waals surface area contributed by atoms with E-state index in [2.05, 4.69) is 5.32 Å². The van der Waals surface area contributed by atoms with Crippen molar-refractivity contribution in [2.45, 2.75) is 6.92 Å². The van der Waals surface area contributed by atoms with Crippen molar-refractivity contribution >= 4 is 29.2 Å². The number of aromatic nitrogens is 1. The Morgan fingerprint density at radius 3 is 2.84 bits per heavy atom. The molecule has 1 aromatic heterocycles. The van der Waals surface area contributed by atoms with Gasteiger partial charge in [0, 0.05) is 24.2 Å². The van der Waals surface area contributed by atoms with Crippen LogP contribution in [0.3, 0.4) is 0 Å². The fraction of sp³-hybridized carbons (Fsp3) is 0.214. The zero-order chi connectivity index (χ0) is 13.7. The van der Waals surface area contributed by atoms with E-state index in [9.17, 15) is 4.79 Å². The van der Waals surface area contributed by atoms with E-state index in [1.807, 2.05) is 46.7 Å². The Bertz CT molecular complexity index is 575. The maximum Gasteiger partial charge on any atom is 0.169 e. The van der Waals surface area contributed by atoms with Gasteiger partial charge in [0.25, 0.3) is 0 Å². The average Bonchev–Trinajstić information content (AvgIpc) is 2.37. The van der Waals surface area contributed by atoms with Gasteiger partial charge in [-0.25, -0.2) is 0 Å². The quantitative estimate of drug-likeness (QED) is 0.651. The van der Waals surface area contributed by atoms with E-state index in [-0.39, 0.29) is 0 Å². The molecule has 0 amide bonds. The minimum absolute atomic E-state index is 0.601. The highest BCUT2D eigenvalue weighted by Crippen LogP contribution is 2.24. The van der Waals surface area contributed by atoms with Crippen molar-refractivity contribution in [2.75, 3.05) is 13.7 Å². The second-order valence-electron chi connectivity index (χ2n) is 3.81. The van der Waals surface area contributed by atoms with E-state index < -0.39 is 0 Å². The number of hydrogen-bond donors (Lipinski definition) is 1. The minimum Gasteiger partial charge on any atom is -0.494 e. The van der Waals surface area contributed by atoms with Crippen molar-refractivity contribution in [3.8, 4) is 5.75 Å². The Kier molecular flexibility index (Phi) is 4.41. The fourth-order valence-corrected chi connectivity index (χ4v) is 2.30. The number of nitrogens with one attached hydrogen (secondary N) is 1. The van der Waals surface area contributed by atoms with Crippen LogP contribution in [0.4, 0.5) is 0 Å². The topological polar surface area (TPSA) is 43.3 Å². The van der Waals surface area contributed by atoms with Gasteiger partial charge in [-0.05, 0) is 19.1 Å². The third-order valence-corrected chi connectivity index (χ3v) is 3.45. The molecule has 0 aliphatic rings. The SMILES string of the molecule is CCOc1cccc(/C(NC)=C(\C=O)n2ccs2)c1. The Morgan fingerprint density at radius 1 is 1.53 bits per heavy atom. The van der Waals surface area contributed by atoms with Crippen LogP contribution in [0.2, 0.25) is 0 Å². The third kappa shape index (κ3) is 2.88. The predicted octanol–water partition coefficient (Wildman–Crippen LogP) is 2.69. The first-order valence-electron chi connectivity index (χ1n) is 6.03. The zero-order valence-electron chi connectivity index (χ0n) is 10.9. The number of aldehydes is 1. The van der Waals surface area contributed by atoms with E-state index in [1.165, 1.54) is 11.5 Å². The molecule has 0 fully saturated rings. The van der Waals surface area contributed by atoms with Crippen molar-refractivity contribution in [1.82, 2.24) is 9.27 Å². The standard InChI is InChI=1S/C14H16N2O2S/c1-3-18-12-6-4-5-11(9-12)14(15-2)13(10-17)16-7-8-19-16/h4-10,15H,3H2,1-2H3/b14-13-. The summed E-state index contributed by atoms with van der Waals surface area (Å²) in [5, 5.41) is 5.02. The molecule has 5 heteroatoms. The molecular formula is C14H16N2O2S. The Morgan fingerprint density at radius 2 is 2.32 bits per heavy atom. The summed E-state index contributed by atoms with van der Waals surface area (Å²) in [7, 11) is 1.81. The lowest BCUT2D eigenvalue weighted by atomic mass is 10.1. The molecule has 0 atom stereocenters. The van der Waals surface area contributed by atoms with Crippen LogP contribution in [-0.2, 0) is 4.79 Å². The van der Waals surface area contributed by atoms with E-state index in [4.69, 9.17) is 4.74 Å². The number of allylic oxidation sites excluding steroid dienone is 1. The molecule has 1 N–H and O–H groups in total. The van der Waals surface area contributed by atoms with E-state index in [0.29, 0.717) is 12.3 Å². The lowest BCUT2D eigenvalue weighted by Crippen LogP contribution is -2.12. The van der Waals surface area contributed by atoms with Crippen LogP contribution in [-0.4, -0.2) is 23.9 Å². The molecule has 2 rings (SSSR count). The maximum atomic E-state index is 11.3. The molecule has 0 radical (unpaired) electrons. The Hall–Kier alpha value is -2.01. The summed E-state index contributed by atoms with van der Waals surface area (Å²) in [5.74, 6) is 0.796. The Labute approximate surface area is 116 Å². The van der Waals surface area contributed by atoms with Crippen molar-refractivity contribution in [3.63, 3.8) is 0 Å². The smallest absolute Gasteiger partial charge is 0.169 e. The van der Waals surface area contributed by atoms with Crippen molar-refractivity contribution in [3.05, 3.63) is 41.4 Å².